The highest BCUT2D eigenvalue weighted by atomic mass is 16.6. The van der Waals surface area contributed by atoms with Gasteiger partial charge in [0, 0.05) is 5.56 Å². The van der Waals surface area contributed by atoms with Gasteiger partial charge in [-0.05, 0) is 43.7 Å². The van der Waals surface area contributed by atoms with Crippen LogP contribution >= 0.6 is 0 Å². The minimum atomic E-state index is -0.670. The van der Waals surface area contributed by atoms with Gasteiger partial charge in [-0.2, -0.15) is 0 Å². The molecule has 1 unspecified atom stereocenters. The van der Waals surface area contributed by atoms with Gasteiger partial charge >= 0.3 is 5.97 Å². The summed E-state index contributed by atoms with van der Waals surface area (Å²) in [6.45, 7) is 3.60. The van der Waals surface area contributed by atoms with Crippen LogP contribution in [-0.2, 0) is 11.3 Å². The number of rotatable bonds is 5. The van der Waals surface area contributed by atoms with E-state index < -0.39 is 12.1 Å². The van der Waals surface area contributed by atoms with Crippen LogP contribution in [0.2, 0.25) is 0 Å². The predicted octanol–water partition coefficient (Wildman–Crippen LogP) is 3.46. The maximum absolute atomic E-state index is 12.2. The summed E-state index contributed by atoms with van der Waals surface area (Å²) >= 11 is 0. The monoisotopic (exact) mass is 338 g/mol. The lowest BCUT2D eigenvalue weighted by Crippen LogP contribution is -2.09. The van der Waals surface area contributed by atoms with Gasteiger partial charge in [-0.15, -0.1) is 10.2 Å². The molecule has 2 aromatic carbocycles. The molecule has 1 atom stereocenters. The van der Waals surface area contributed by atoms with Crippen LogP contribution in [0.5, 0.6) is 0 Å². The summed E-state index contributed by atoms with van der Waals surface area (Å²) in [6, 6.07) is 14.3. The molecule has 0 amide bonds. The SMILES string of the molecule is Cc1ccc(-c2nnc(C(C)OC(=O)c3ccc(CO)cc3)o2)cc1. The average Bonchev–Trinajstić information content (AvgIpc) is 3.12. The van der Waals surface area contributed by atoms with Crippen LogP contribution in [0.25, 0.3) is 11.5 Å². The zero-order valence-electron chi connectivity index (χ0n) is 14.0. The van der Waals surface area contributed by atoms with Crippen molar-refractivity contribution in [3.63, 3.8) is 0 Å². The van der Waals surface area contributed by atoms with Crippen LogP contribution in [0, 0.1) is 6.92 Å². The summed E-state index contributed by atoms with van der Waals surface area (Å²) < 4.78 is 11.0. The molecule has 0 bridgehead atoms. The summed E-state index contributed by atoms with van der Waals surface area (Å²) in [5, 5.41) is 17.0. The Morgan fingerprint density at radius 1 is 1.12 bits per heavy atom. The number of aromatic nitrogens is 2. The molecule has 0 aliphatic carbocycles. The molecule has 0 aliphatic rings. The first-order valence-electron chi connectivity index (χ1n) is 7.88. The lowest BCUT2D eigenvalue weighted by molar-refractivity contribution is 0.0280. The number of nitrogens with zero attached hydrogens (tertiary/aromatic N) is 2. The summed E-state index contributed by atoms with van der Waals surface area (Å²) in [4.78, 5) is 12.2. The largest absolute Gasteiger partial charge is 0.449 e. The third kappa shape index (κ3) is 3.92. The summed E-state index contributed by atoms with van der Waals surface area (Å²) in [5.41, 5.74) is 3.06. The van der Waals surface area contributed by atoms with Crippen molar-refractivity contribution in [3.8, 4) is 11.5 Å². The molecular formula is C19H18N2O4. The fourth-order valence-corrected chi connectivity index (χ4v) is 2.24. The smallest absolute Gasteiger partial charge is 0.338 e. The number of hydrogen-bond donors (Lipinski definition) is 1. The van der Waals surface area contributed by atoms with E-state index in [0.717, 1.165) is 16.7 Å². The molecule has 0 spiro atoms. The van der Waals surface area contributed by atoms with Crippen molar-refractivity contribution in [3.05, 3.63) is 71.1 Å². The Hall–Kier alpha value is -2.99. The second-order valence-electron chi connectivity index (χ2n) is 5.71. The van der Waals surface area contributed by atoms with Gasteiger partial charge < -0.3 is 14.3 Å². The molecule has 25 heavy (non-hydrogen) atoms. The quantitative estimate of drug-likeness (QED) is 0.717. The average molecular weight is 338 g/mol. The fourth-order valence-electron chi connectivity index (χ4n) is 2.24. The first-order chi connectivity index (χ1) is 12.1. The zero-order chi connectivity index (χ0) is 17.8. The number of carbonyl (C=O) groups excluding carboxylic acids is 1. The van der Waals surface area contributed by atoms with Crippen LogP contribution in [0.1, 0.15) is 40.4 Å². The molecule has 0 saturated carbocycles. The Bertz CT molecular complexity index is 854. The van der Waals surface area contributed by atoms with Crippen molar-refractivity contribution in [2.75, 3.05) is 0 Å². The Labute approximate surface area is 145 Å². The second-order valence-corrected chi connectivity index (χ2v) is 5.71. The van der Waals surface area contributed by atoms with Crippen molar-refractivity contribution in [1.29, 1.82) is 0 Å². The molecule has 0 radical (unpaired) electrons. The summed E-state index contributed by atoms with van der Waals surface area (Å²) in [6.07, 6.45) is -0.670. The van der Waals surface area contributed by atoms with Gasteiger partial charge in [0.2, 0.25) is 5.89 Å². The number of ether oxygens (including phenoxy) is 1. The van der Waals surface area contributed by atoms with E-state index >= 15 is 0 Å². The molecule has 0 aliphatic heterocycles. The Balaban J connectivity index is 1.69. The molecule has 1 heterocycles. The van der Waals surface area contributed by atoms with Crippen LogP contribution in [-0.4, -0.2) is 21.3 Å². The van der Waals surface area contributed by atoms with E-state index in [0.29, 0.717) is 11.5 Å². The molecule has 6 nitrogen and oxygen atoms in total. The first-order valence-corrected chi connectivity index (χ1v) is 7.88. The highest BCUT2D eigenvalue weighted by Crippen LogP contribution is 2.23. The Morgan fingerprint density at radius 2 is 1.80 bits per heavy atom. The molecule has 6 heteroatoms. The Kier molecular flexibility index (Phi) is 4.90. The van der Waals surface area contributed by atoms with Gasteiger partial charge in [-0.1, -0.05) is 29.8 Å². The van der Waals surface area contributed by atoms with Crippen molar-refractivity contribution >= 4 is 5.97 Å². The van der Waals surface area contributed by atoms with Gasteiger partial charge in [0.1, 0.15) is 0 Å². The second kappa shape index (κ2) is 7.27. The third-order valence-corrected chi connectivity index (χ3v) is 3.74. The molecule has 0 saturated heterocycles. The van der Waals surface area contributed by atoms with Crippen LogP contribution in [0.4, 0.5) is 0 Å². The maximum atomic E-state index is 12.2. The number of esters is 1. The lowest BCUT2D eigenvalue weighted by Gasteiger charge is -2.09. The van der Waals surface area contributed by atoms with Crippen molar-refractivity contribution < 1.29 is 19.1 Å². The zero-order valence-corrected chi connectivity index (χ0v) is 14.0. The highest BCUT2D eigenvalue weighted by molar-refractivity contribution is 5.89. The number of hydrogen-bond acceptors (Lipinski definition) is 6. The van der Waals surface area contributed by atoms with Gasteiger partial charge in [0.05, 0.1) is 12.2 Å². The summed E-state index contributed by atoms with van der Waals surface area (Å²) in [5.74, 6) is 0.119. The van der Waals surface area contributed by atoms with E-state index in [1.54, 1.807) is 31.2 Å². The topological polar surface area (TPSA) is 85.5 Å². The van der Waals surface area contributed by atoms with E-state index in [1.807, 2.05) is 31.2 Å². The van der Waals surface area contributed by atoms with E-state index in [4.69, 9.17) is 14.3 Å². The predicted molar refractivity (Wildman–Crippen MR) is 90.7 cm³/mol. The number of aliphatic hydroxyl groups is 1. The number of carbonyl (C=O) groups is 1. The maximum Gasteiger partial charge on any atom is 0.338 e. The van der Waals surface area contributed by atoms with Crippen LogP contribution in [0.3, 0.4) is 0 Å². The molecule has 3 rings (SSSR count). The van der Waals surface area contributed by atoms with E-state index in [9.17, 15) is 4.79 Å². The normalized spacial score (nSPS) is 12.0. The van der Waals surface area contributed by atoms with E-state index in [-0.39, 0.29) is 12.5 Å². The van der Waals surface area contributed by atoms with E-state index in [2.05, 4.69) is 10.2 Å². The van der Waals surface area contributed by atoms with E-state index in [1.165, 1.54) is 0 Å². The van der Waals surface area contributed by atoms with Crippen molar-refractivity contribution in [1.82, 2.24) is 10.2 Å². The minimum absolute atomic E-state index is 0.0739. The third-order valence-electron chi connectivity index (χ3n) is 3.74. The molecular weight excluding hydrogens is 320 g/mol. The van der Waals surface area contributed by atoms with Crippen molar-refractivity contribution in [2.24, 2.45) is 0 Å². The fraction of sp³-hybridized carbons (Fsp3) is 0.211. The van der Waals surface area contributed by atoms with Crippen LogP contribution in [0.15, 0.2) is 52.9 Å². The molecule has 0 fully saturated rings. The standard InChI is InChI=1S/C19H18N2O4/c1-12-3-7-15(8-4-12)18-21-20-17(25-18)13(2)24-19(23)16-9-5-14(11-22)6-10-16/h3-10,13,22H,11H2,1-2H3. The van der Waals surface area contributed by atoms with Gasteiger partial charge in [0.25, 0.3) is 5.89 Å². The Morgan fingerprint density at radius 3 is 2.44 bits per heavy atom. The summed E-state index contributed by atoms with van der Waals surface area (Å²) in [7, 11) is 0. The first kappa shape index (κ1) is 16.9. The number of aliphatic hydroxyl groups excluding tert-OH is 1. The minimum Gasteiger partial charge on any atom is -0.449 e. The lowest BCUT2D eigenvalue weighted by atomic mass is 10.1. The molecule has 1 N–H and O–H groups in total. The van der Waals surface area contributed by atoms with Crippen molar-refractivity contribution in [2.45, 2.75) is 26.6 Å². The van der Waals surface area contributed by atoms with Gasteiger partial charge in [-0.25, -0.2) is 4.79 Å². The number of aryl methyl sites for hydroxylation is 1. The van der Waals surface area contributed by atoms with Gasteiger partial charge in [0.15, 0.2) is 6.10 Å². The molecule has 128 valence electrons. The highest BCUT2D eigenvalue weighted by Gasteiger charge is 2.20. The van der Waals surface area contributed by atoms with Crippen LogP contribution < -0.4 is 0 Å². The number of benzene rings is 2. The molecule has 3 aromatic rings. The van der Waals surface area contributed by atoms with Gasteiger partial charge in [-0.3, -0.25) is 0 Å². The molecule has 1 aromatic heterocycles.